The third-order valence-electron chi connectivity index (χ3n) is 4.69. The zero-order valence-corrected chi connectivity index (χ0v) is 19.7. The van der Waals surface area contributed by atoms with Crippen molar-refractivity contribution in [1.29, 1.82) is 0 Å². The molecule has 34 heavy (non-hydrogen) atoms. The smallest absolute Gasteiger partial charge is 0.307 e. The van der Waals surface area contributed by atoms with E-state index in [2.05, 4.69) is 31.8 Å². The van der Waals surface area contributed by atoms with Crippen molar-refractivity contribution in [2.45, 2.75) is 0 Å². The number of carbonyl (C=O) groups is 2. The number of hydrogen-bond donors (Lipinski definition) is 2. The number of nitrogens with one attached hydrogen (secondary N) is 2. The number of fused-ring (bicyclic) bond motifs is 1. The Morgan fingerprint density at radius 2 is 1.85 bits per heavy atom. The first-order valence-electron chi connectivity index (χ1n) is 10.2. The number of benzene rings is 3. The number of amides is 2. The first-order valence-corrected chi connectivity index (χ1v) is 11.0. The minimum Gasteiger partial charge on any atom is -0.493 e. The van der Waals surface area contributed by atoms with Crippen molar-refractivity contribution in [3.63, 3.8) is 0 Å². The highest BCUT2D eigenvalue weighted by molar-refractivity contribution is 9.10. The van der Waals surface area contributed by atoms with Gasteiger partial charge in [-0.15, -0.1) is 0 Å². The second kappa shape index (κ2) is 10.7. The molecule has 4 rings (SSSR count). The molecule has 0 aliphatic carbocycles. The molecule has 0 saturated heterocycles. The van der Waals surface area contributed by atoms with Crippen molar-refractivity contribution < 1.29 is 23.5 Å². The van der Waals surface area contributed by atoms with Gasteiger partial charge in [-0.25, -0.2) is 5.43 Å². The van der Waals surface area contributed by atoms with Gasteiger partial charge in [0.15, 0.2) is 23.9 Å². The van der Waals surface area contributed by atoms with Crippen LogP contribution in [0.4, 0.5) is 5.69 Å². The topological polar surface area (TPSA) is 102 Å². The van der Waals surface area contributed by atoms with Crippen molar-refractivity contribution in [1.82, 2.24) is 5.43 Å². The number of anilines is 1. The van der Waals surface area contributed by atoms with Crippen LogP contribution in [0.2, 0.25) is 0 Å². The van der Waals surface area contributed by atoms with E-state index in [1.807, 2.05) is 30.3 Å². The van der Waals surface area contributed by atoms with Crippen LogP contribution in [0.5, 0.6) is 11.5 Å². The lowest BCUT2D eigenvalue weighted by Crippen LogP contribution is -2.20. The summed E-state index contributed by atoms with van der Waals surface area (Å²) in [5, 5.41) is 7.53. The number of furan rings is 1. The summed E-state index contributed by atoms with van der Waals surface area (Å²) in [6.07, 6.45) is 1.46. The lowest BCUT2D eigenvalue weighted by atomic mass is 10.2. The number of methoxy groups -OCH3 is 1. The molecule has 0 aliphatic rings. The zero-order valence-electron chi connectivity index (χ0n) is 18.1. The fraction of sp³-hybridized carbons (Fsp3) is 0.0800. The molecule has 0 radical (unpaired) electrons. The van der Waals surface area contributed by atoms with Gasteiger partial charge in [0.2, 0.25) is 0 Å². The van der Waals surface area contributed by atoms with Gasteiger partial charge in [-0.1, -0.05) is 34.1 Å². The third-order valence-corrected chi connectivity index (χ3v) is 5.18. The minimum atomic E-state index is -0.472. The molecule has 8 nitrogen and oxygen atoms in total. The summed E-state index contributed by atoms with van der Waals surface area (Å²) in [6, 6.07) is 21.3. The van der Waals surface area contributed by atoms with E-state index in [-0.39, 0.29) is 18.3 Å². The van der Waals surface area contributed by atoms with Gasteiger partial charge in [-0.3, -0.25) is 9.59 Å². The number of halogens is 1. The van der Waals surface area contributed by atoms with Gasteiger partial charge in [0.1, 0.15) is 5.58 Å². The normalized spacial score (nSPS) is 10.9. The number of para-hydroxylation sites is 1. The number of nitrogens with zero attached hydrogens (tertiary/aromatic N) is 1. The number of hydrazone groups is 1. The van der Waals surface area contributed by atoms with E-state index in [0.29, 0.717) is 28.3 Å². The number of rotatable bonds is 8. The van der Waals surface area contributed by atoms with E-state index in [0.717, 1.165) is 9.86 Å². The molecule has 0 bridgehead atoms. The molecule has 1 heterocycles. The van der Waals surface area contributed by atoms with Crippen LogP contribution >= 0.6 is 15.9 Å². The van der Waals surface area contributed by atoms with Crippen LogP contribution in [-0.2, 0) is 4.79 Å². The van der Waals surface area contributed by atoms with Crippen LogP contribution in [0.3, 0.4) is 0 Å². The summed E-state index contributed by atoms with van der Waals surface area (Å²) in [5.74, 6) is 0.214. The van der Waals surface area contributed by atoms with Gasteiger partial charge < -0.3 is 19.2 Å². The van der Waals surface area contributed by atoms with Crippen molar-refractivity contribution >= 4 is 50.6 Å². The van der Waals surface area contributed by atoms with E-state index < -0.39 is 5.91 Å². The Bertz CT molecular complexity index is 1350. The van der Waals surface area contributed by atoms with E-state index in [1.54, 1.807) is 42.5 Å². The van der Waals surface area contributed by atoms with Gasteiger partial charge in [-0.2, -0.15) is 5.10 Å². The maximum Gasteiger partial charge on any atom is 0.307 e. The molecule has 0 spiro atoms. The predicted octanol–water partition coefficient (Wildman–Crippen LogP) is 4.99. The first kappa shape index (κ1) is 23.1. The van der Waals surface area contributed by atoms with Crippen LogP contribution in [0, 0.1) is 0 Å². The van der Waals surface area contributed by atoms with E-state index in [9.17, 15) is 9.59 Å². The Morgan fingerprint density at radius 1 is 1.03 bits per heavy atom. The molecular weight excluding hydrogens is 502 g/mol. The monoisotopic (exact) mass is 521 g/mol. The van der Waals surface area contributed by atoms with Gasteiger partial charge in [0, 0.05) is 15.5 Å². The highest BCUT2D eigenvalue weighted by Crippen LogP contribution is 2.27. The summed E-state index contributed by atoms with van der Waals surface area (Å²) in [6.45, 7) is -0.178. The van der Waals surface area contributed by atoms with Crippen molar-refractivity contribution in [2.75, 3.05) is 19.0 Å². The second-order valence-electron chi connectivity index (χ2n) is 7.11. The van der Waals surface area contributed by atoms with Crippen molar-refractivity contribution in [2.24, 2.45) is 5.10 Å². The van der Waals surface area contributed by atoms with Crippen LogP contribution in [0.25, 0.3) is 11.0 Å². The molecule has 0 saturated carbocycles. The second-order valence-corrected chi connectivity index (χ2v) is 8.02. The fourth-order valence-electron chi connectivity index (χ4n) is 3.09. The maximum absolute atomic E-state index is 12.3. The van der Waals surface area contributed by atoms with Gasteiger partial charge >= 0.3 is 5.91 Å². The molecule has 0 fully saturated rings. The van der Waals surface area contributed by atoms with Gasteiger partial charge in [0.25, 0.3) is 5.91 Å². The third kappa shape index (κ3) is 5.81. The molecule has 3 aromatic carbocycles. The molecule has 1 aromatic heterocycles. The van der Waals surface area contributed by atoms with Crippen LogP contribution in [0.15, 0.2) is 86.8 Å². The Morgan fingerprint density at radius 3 is 2.65 bits per heavy atom. The quantitative estimate of drug-likeness (QED) is 0.251. The Kier molecular flexibility index (Phi) is 7.24. The van der Waals surface area contributed by atoms with Crippen LogP contribution in [0.1, 0.15) is 16.1 Å². The van der Waals surface area contributed by atoms with Crippen LogP contribution in [-0.4, -0.2) is 31.7 Å². The van der Waals surface area contributed by atoms with Crippen molar-refractivity contribution in [3.05, 3.63) is 88.6 Å². The molecule has 172 valence electrons. The first-order chi connectivity index (χ1) is 16.5. The summed E-state index contributed by atoms with van der Waals surface area (Å²) in [7, 11) is 1.49. The van der Waals surface area contributed by atoms with E-state index >= 15 is 0 Å². The zero-order chi connectivity index (χ0) is 23.9. The molecule has 2 amide bonds. The van der Waals surface area contributed by atoms with Gasteiger partial charge in [-0.05, 0) is 60.2 Å². The molecule has 0 unspecified atom stereocenters. The Balaban J connectivity index is 1.34. The Labute approximate surface area is 203 Å². The lowest BCUT2D eigenvalue weighted by Gasteiger charge is -2.11. The van der Waals surface area contributed by atoms with E-state index in [1.165, 1.54) is 13.3 Å². The molecule has 2 N–H and O–H groups in total. The van der Waals surface area contributed by atoms with E-state index in [4.69, 9.17) is 13.9 Å². The summed E-state index contributed by atoms with van der Waals surface area (Å²) < 4.78 is 17.4. The summed E-state index contributed by atoms with van der Waals surface area (Å²) in [5.41, 5.74) is 4.39. The summed E-state index contributed by atoms with van der Waals surface area (Å²) in [4.78, 5) is 24.4. The molecular formula is C25H20BrN3O5. The average molecular weight is 522 g/mol. The molecule has 0 aliphatic heterocycles. The highest BCUT2D eigenvalue weighted by Gasteiger charge is 2.12. The SMILES string of the molecule is COc1cc(C=NNC(=O)c2cc3cc(Br)ccc3o2)ccc1OCC(=O)Nc1ccccc1. The fourth-order valence-corrected chi connectivity index (χ4v) is 3.47. The maximum atomic E-state index is 12.3. The van der Waals surface area contributed by atoms with Crippen molar-refractivity contribution in [3.8, 4) is 11.5 Å². The largest absolute Gasteiger partial charge is 0.493 e. The van der Waals surface area contributed by atoms with Crippen LogP contribution < -0.4 is 20.2 Å². The number of carbonyl (C=O) groups excluding carboxylic acids is 2. The number of ether oxygens (including phenoxy) is 2. The molecule has 4 aromatic rings. The van der Waals surface area contributed by atoms with Gasteiger partial charge in [0.05, 0.1) is 13.3 Å². The predicted molar refractivity (Wildman–Crippen MR) is 133 cm³/mol. The standard InChI is InChI=1S/C25H20BrN3O5/c1-32-22-11-16(7-9-21(22)33-15-24(30)28-19-5-3-2-4-6-19)14-27-29-25(31)23-13-17-12-18(26)8-10-20(17)34-23/h2-14H,15H2,1H3,(H,28,30)(H,29,31). The summed E-state index contributed by atoms with van der Waals surface area (Å²) >= 11 is 3.39. The Hall–Kier alpha value is -4.11. The molecule has 9 heteroatoms. The average Bonchev–Trinajstić information content (AvgIpc) is 3.27. The number of hydrogen-bond acceptors (Lipinski definition) is 6. The molecule has 0 atom stereocenters. The highest BCUT2D eigenvalue weighted by atomic mass is 79.9. The lowest BCUT2D eigenvalue weighted by molar-refractivity contribution is -0.118. The minimum absolute atomic E-state index is 0.153.